The van der Waals surface area contributed by atoms with E-state index >= 15 is 0 Å². The Bertz CT molecular complexity index is 240. The predicted molar refractivity (Wildman–Crippen MR) is 44.3 cm³/mol. The van der Waals surface area contributed by atoms with E-state index in [4.69, 9.17) is 0 Å². The van der Waals surface area contributed by atoms with Crippen molar-refractivity contribution in [1.82, 2.24) is 15.5 Å². The van der Waals surface area contributed by atoms with Crippen molar-refractivity contribution in [2.45, 2.75) is 25.9 Å². The molecule has 0 fully saturated rings. The van der Waals surface area contributed by atoms with E-state index in [-0.39, 0.29) is 0 Å². The lowest BCUT2D eigenvalue weighted by atomic mass is 10.3. The molecule has 72 valence electrons. The lowest BCUT2D eigenvalue weighted by molar-refractivity contribution is 0.105. The van der Waals surface area contributed by atoms with Crippen LogP contribution in [0, 0.1) is 0 Å². The van der Waals surface area contributed by atoms with Gasteiger partial charge in [0, 0.05) is 12.7 Å². The highest BCUT2D eigenvalue weighted by Crippen LogP contribution is 2.00. The van der Waals surface area contributed by atoms with Crippen LogP contribution in [0.2, 0.25) is 0 Å². The average Bonchev–Trinajstić information content (AvgIpc) is 2.15. The molecular formula is C8H11F2N3. The Hall–Kier alpha value is -1.10. The number of alkyl halides is 2. The monoisotopic (exact) mass is 187 g/mol. The first-order valence-corrected chi connectivity index (χ1v) is 3.98. The maximum atomic E-state index is 12.0. The molecule has 1 heterocycles. The van der Waals surface area contributed by atoms with Gasteiger partial charge in [-0.1, -0.05) is 0 Å². The smallest absolute Gasteiger partial charge is 0.253 e. The number of nitrogens with one attached hydrogen (secondary N) is 1. The Morgan fingerprint density at radius 3 is 2.85 bits per heavy atom. The Morgan fingerprint density at radius 1 is 1.54 bits per heavy atom. The highest BCUT2D eigenvalue weighted by Gasteiger charge is 2.13. The summed E-state index contributed by atoms with van der Waals surface area (Å²) < 4.78 is 24.1. The molecule has 13 heavy (non-hydrogen) atoms. The van der Waals surface area contributed by atoms with Crippen molar-refractivity contribution in [2.24, 2.45) is 0 Å². The fraction of sp³-hybridized carbons (Fsp3) is 0.500. The van der Waals surface area contributed by atoms with E-state index in [0.29, 0.717) is 12.2 Å². The van der Waals surface area contributed by atoms with E-state index in [9.17, 15) is 8.78 Å². The normalized spacial score (nSPS) is 13.2. The van der Waals surface area contributed by atoms with E-state index in [1.165, 1.54) is 6.92 Å². The van der Waals surface area contributed by atoms with Gasteiger partial charge in [0.2, 0.25) is 0 Å². The standard InChI is InChI=1S/C8H11F2N3/c1-6(8(9)10)11-5-7-3-2-4-12-13-7/h2-4,6,8,11H,5H2,1H3. The van der Waals surface area contributed by atoms with Gasteiger partial charge in [-0.15, -0.1) is 0 Å². The van der Waals surface area contributed by atoms with Crippen molar-refractivity contribution in [2.75, 3.05) is 0 Å². The first kappa shape index (κ1) is 9.98. The molecule has 0 radical (unpaired) electrons. The molecule has 0 aliphatic rings. The summed E-state index contributed by atoms with van der Waals surface area (Å²) in [6, 6.07) is 2.64. The van der Waals surface area contributed by atoms with Crippen LogP contribution in [0.25, 0.3) is 0 Å². The minimum absolute atomic E-state index is 0.319. The van der Waals surface area contributed by atoms with Crippen LogP contribution in [0.5, 0.6) is 0 Å². The number of nitrogens with zero attached hydrogens (tertiary/aromatic N) is 2. The van der Waals surface area contributed by atoms with Crippen LogP contribution in [-0.2, 0) is 6.54 Å². The molecule has 0 aliphatic carbocycles. The lowest BCUT2D eigenvalue weighted by Gasteiger charge is -2.11. The molecule has 5 heteroatoms. The largest absolute Gasteiger partial charge is 0.303 e. The summed E-state index contributed by atoms with van der Waals surface area (Å²) in [5, 5.41) is 10.0. The molecule has 0 spiro atoms. The van der Waals surface area contributed by atoms with Gasteiger partial charge in [0.15, 0.2) is 0 Å². The van der Waals surface area contributed by atoms with E-state index in [0.717, 1.165) is 0 Å². The lowest BCUT2D eigenvalue weighted by Crippen LogP contribution is -2.32. The minimum Gasteiger partial charge on any atom is -0.303 e. The second kappa shape index (κ2) is 4.81. The Balaban J connectivity index is 2.35. The van der Waals surface area contributed by atoms with Gasteiger partial charge in [-0.2, -0.15) is 10.2 Å². The molecule has 0 aromatic carbocycles. The van der Waals surface area contributed by atoms with Crippen molar-refractivity contribution in [3.63, 3.8) is 0 Å². The molecule has 1 rings (SSSR count). The number of rotatable bonds is 4. The Labute approximate surface area is 75.2 Å². The maximum absolute atomic E-state index is 12.0. The molecular weight excluding hydrogens is 176 g/mol. The van der Waals surface area contributed by atoms with Gasteiger partial charge in [-0.3, -0.25) is 0 Å². The molecule has 1 aromatic rings. The highest BCUT2D eigenvalue weighted by atomic mass is 19.3. The van der Waals surface area contributed by atoms with Crippen LogP contribution < -0.4 is 5.32 Å². The van der Waals surface area contributed by atoms with Crippen LogP contribution in [-0.4, -0.2) is 22.7 Å². The topological polar surface area (TPSA) is 37.8 Å². The minimum atomic E-state index is -2.35. The molecule has 0 aliphatic heterocycles. The van der Waals surface area contributed by atoms with Crippen LogP contribution in [0.1, 0.15) is 12.6 Å². The van der Waals surface area contributed by atoms with Gasteiger partial charge in [0.25, 0.3) is 6.43 Å². The molecule has 3 nitrogen and oxygen atoms in total. The molecule has 0 amide bonds. The van der Waals surface area contributed by atoms with Crippen molar-refractivity contribution in [3.05, 3.63) is 24.0 Å². The van der Waals surface area contributed by atoms with Crippen LogP contribution in [0.3, 0.4) is 0 Å². The first-order chi connectivity index (χ1) is 6.20. The van der Waals surface area contributed by atoms with Crippen molar-refractivity contribution < 1.29 is 8.78 Å². The summed E-state index contributed by atoms with van der Waals surface area (Å²) in [5.74, 6) is 0. The third-order valence-corrected chi connectivity index (χ3v) is 1.61. The van der Waals surface area contributed by atoms with Crippen molar-refractivity contribution in [1.29, 1.82) is 0 Å². The van der Waals surface area contributed by atoms with E-state index in [2.05, 4.69) is 15.5 Å². The molecule has 1 unspecified atom stereocenters. The molecule has 1 aromatic heterocycles. The van der Waals surface area contributed by atoms with Crippen LogP contribution in [0.15, 0.2) is 18.3 Å². The quantitative estimate of drug-likeness (QED) is 0.770. The fourth-order valence-corrected chi connectivity index (χ4v) is 0.782. The Morgan fingerprint density at radius 2 is 2.31 bits per heavy atom. The van der Waals surface area contributed by atoms with Crippen LogP contribution >= 0.6 is 0 Å². The summed E-state index contributed by atoms with van der Waals surface area (Å²) in [6.45, 7) is 1.75. The van der Waals surface area contributed by atoms with Gasteiger partial charge >= 0.3 is 0 Å². The number of halogens is 2. The second-order valence-electron chi connectivity index (χ2n) is 2.72. The van der Waals surface area contributed by atoms with Gasteiger partial charge in [0.1, 0.15) is 0 Å². The molecule has 1 N–H and O–H groups in total. The molecule has 0 bridgehead atoms. The van der Waals surface area contributed by atoms with Crippen LogP contribution in [0.4, 0.5) is 8.78 Å². The fourth-order valence-electron chi connectivity index (χ4n) is 0.782. The molecule has 1 atom stereocenters. The summed E-state index contributed by atoms with van der Waals surface area (Å²) >= 11 is 0. The van der Waals surface area contributed by atoms with E-state index in [1.807, 2.05) is 0 Å². The predicted octanol–water partition coefficient (Wildman–Crippen LogP) is 1.22. The van der Waals surface area contributed by atoms with E-state index < -0.39 is 12.5 Å². The Kier molecular flexibility index (Phi) is 3.70. The zero-order valence-corrected chi connectivity index (χ0v) is 7.24. The van der Waals surface area contributed by atoms with Gasteiger partial charge in [0.05, 0.1) is 11.7 Å². The second-order valence-corrected chi connectivity index (χ2v) is 2.72. The summed E-state index contributed by atoms with van der Waals surface area (Å²) in [4.78, 5) is 0. The van der Waals surface area contributed by atoms with Crippen molar-refractivity contribution >= 4 is 0 Å². The number of aromatic nitrogens is 2. The number of hydrogen-bond donors (Lipinski definition) is 1. The summed E-state index contributed by atoms with van der Waals surface area (Å²) in [7, 11) is 0. The maximum Gasteiger partial charge on any atom is 0.253 e. The van der Waals surface area contributed by atoms with Gasteiger partial charge in [-0.05, 0) is 19.1 Å². The zero-order valence-electron chi connectivity index (χ0n) is 7.24. The third-order valence-electron chi connectivity index (χ3n) is 1.61. The first-order valence-electron chi connectivity index (χ1n) is 3.98. The third kappa shape index (κ3) is 3.42. The van der Waals surface area contributed by atoms with Crippen molar-refractivity contribution in [3.8, 4) is 0 Å². The summed E-state index contributed by atoms with van der Waals surface area (Å²) in [6.07, 6.45) is -0.809. The molecule has 0 saturated carbocycles. The molecule has 0 saturated heterocycles. The number of hydrogen-bond acceptors (Lipinski definition) is 3. The SMILES string of the molecule is CC(NCc1cccnn1)C(F)F. The highest BCUT2D eigenvalue weighted by molar-refractivity contribution is 4.98. The zero-order chi connectivity index (χ0) is 9.68. The van der Waals surface area contributed by atoms with E-state index in [1.54, 1.807) is 18.3 Å². The average molecular weight is 187 g/mol. The van der Waals surface area contributed by atoms with Gasteiger partial charge in [-0.25, -0.2) is 8.78 Å². The summed E-state index contributed by atoms with van der Waals surface area (Å²) in [5.41, 5.74) is 0.662. The van der Waals surface area contributed by atoms with Gasteiger partial charge < -0.3 is 5.32 Å².